The van der Waals surface area contributed by atoms with Crippen LogP contribution >= 0.6 is 159 Å². The minimum Gasteiger partial charge on any atom is -0.488 e. The van der Waals surface area contributed by atoms with Gasteiger partial charge in [-0.2, -0.15) is 0 Å². The summed E-state index contributed by atoms with van der Waals surface area (Å²) in [7, 11) is 0. The summed E-state index contributed by atoms with van der Waals surface area (Å²) in [6, 6.07) is 0. The number of hydrogen-bond acceptors (Lipinski definition) is 2. The summed E-state index contributed by atoms with van der Waals surface area (Å²) in [5.74, 6) is 1.35. The van der Waals surface area contributed by atoms with E-state index in [2.05, 4.69) is 159 Å². The highest BCUT2D eigenvalue weighted by atomic mass is 79.9. The van der Waals surface area contributed by atoms with Crippen LogP contribution in [0, 0.1) is 0 Å². The molecule has 0 atom stereocenters. The highest BCUT2D eigenvalue weighted by Gasteiger charge is 2.20. The molecule has 0 spiro atoms. The number of rotatable bonds is 5. The summed E-state index contributed by atoms with van der Waals surface area (Å²) in [5.41, 5.74) is 0. The molecule has 0 saturated carbocycles. The van der Waals surface area contributed by atoms with Gasteiger partial charge in [-0.3, -0.25) is 0 Å². The van der Waals surface area contributed by atoms with Gasteiger partial charge in [-0.25, -0.2) is 0 Å². The van der Waals surface area contributed by atoms with Crippen molar-refractivity contribution >= 4 is 159 Å². The average Bonchev–Trinajstić information content (AvgIpc) is 2.63. The van der Waals surface area contributed by atoms with E-state index in [1.807, 2.05) is 0 Å². The number of benzene rings is 2. The first kappa shape index (κ1) is 25.1. The SMILES string of the molecule is Brc1c(Br)c(Br)c(OCCOc2c(Br)c(Br)c(Br)c(Br)c2Br)c(Br)c1Br. The number of ether oxygens (including phenoxy) is 2. The van der Waals surface area contributed by atoms with Crippen LogP contribution in [0.1, 0.15) is 0 Å². The minimum absolute atomic E-state index is 0.349. The Labute approximate surface area is 234 Å². The van der Waals surface area contributed by atoms with Crippen LogP contribution in [0.4, 0.5) is 0 Å². The normalized spacial score (nSPS) is 11.0. The van der Waals surface area contributed by atoms with Crippen LogP contribution in [-0.2, 0) is 0 Å². The largest absolute Gasteiger partial charge is 0.488 e. The van der Waals surface area contributed by atoms with Crippen molar-refractivity contribution in [1.82, 2.24) is 0 Å². The third-order valence-corrected chi connectivity index (χ3v) is 15.0. The van der Waals surface area contributed by atoms with Gasteiger partial charge in [0.1, 0.15) is 24.7 Å². The molecule has 0 aliphatic rings. The molecule has 142 valence electrons. The molecular formula is C14H4Br10O2. The quantitative estimate of drug-likeness (QED) is 0.169. The van der Waals surface area contributed by atoms with Crippen molar-refractivity contribution in [1.29, 1.82) is 0 Å². The lowest BCUT2D eigenvalue weighted by Crippen LogP contribution is -2.10. The zero-order valence-corrected chi connectivity index (χ0v) is 27.9. The first-order valence-corrected chi connectivity index (χ1v) is 14.3. The molecule has 0 fully saturated rings. The molecule has 2 nitrogen and oxygen atoms in total. The summed E-state index contributed by atoms with van der Waals surface area (Å²) in [4.78, 5) is 0. The standard InChI is InChI=1S/C14H4Br10O2/c15-3-5(17)9(21)13(10(22)6(3)18)25-1-2-26-14-11(23)7(19)4(16)8(20)12(14)24/h1-2H2. The van der Waals surface area contributed by atoms with Gasteiger partial charge in [-0.15, -0.1) is 0 Å². The zero-order chi connectivity index (χ0) is 19.8. The first-order valence-electron chi connectivity index (χ1n) is 6.38. The molecule has 2 aromatic carbocycles. The molecule has 0 amide bonds. The molecule has 2 aromatic rings. The van der Waals surface area contributed by atoms with Crippen molar-refractivity contribution in [3.05, 3.63) is 44.7 Å². The van der Waals surface area contributed by atoms with Crippen molar-refractivity contribution in [2.75, 3.05) is 13.2 Å². The molecule has 0 heterocycles. The van der Waals surface area contributed by atoms with E-state index in [1.165, 1.54) is 0 Å². The summed E-state index contributed by atoms with van der Waals surface area (Å²) in [5, 5.41) is 0. The maximum atomic E-state index is 5.91. The van der Waals surface area contributed by atoms with Gasteiger partial charge >= 0.3 is 0 Å². The third-order valence-electron chi connectivity index (χ3n) is 2.92. The molecule has 0 N–H and O–H groups in total. The van der Waals surface area contributed by atoms with Crippen LogP contribution in [0.25, 0.3) is 0 Å². The van der Waals surface area contributed by atoms with Gasteiger partial charge in [0.05, 0.1) is 35.8 Å². The van der Waals surface area contributed by atoms with Gasteiger partial charge < -0.3 is 9.47 Å². The van der Waals surface area contributed by atoms with E-state index in [0.717, 1.165) is 44.7 Å². The van der Waals surface area contributed by atoms with E-state index in [0.29, 0.717) is 24.7 Å². The second-order valence-corrected chi connectivity index (χ2v) is 12.4. The van der Waals surface area contributed by atoms with Crippen LogP contribution < -0.4 is 9.47 Å². The van der Waals surface area contributed by atoms with Crippen LogP contribution in [0.3, 0.4) is 0 Å². The fourth-order valence-electron chi connectivity index (χ4n) is 1.71. The maximum absolute atomic E-state index is 5.91. The van der Waals surface area contributed by atoms with Crippen molar-refractivity contribution in [3.63, 3.8) is 0 Å². The van der Waals surface area contributed by atoms with Crippen molar-refractivity contribution in [2.45, 2.75) is 0 Å². The Kier molecular flexibility index (Phi) is 10.6. The number of halogens is 10. The Morgan fingerprint density at radius 1 is 0.346 bits per heavy atom. The monoisotopic (exact) mass is 993 g/mol. The van der Waals surface area contributed by atoms with Crippen molar-refractivity contribution in [2.24, 2.45) is 0 Å². The van der Waals surface area contributed by atoms with E-state index in [1.54, 1.807) is 0 Å². The van der Waals surface area contributed by atoms with Crippen LogP contribution in [0.5, 0.6) is 11.5 Å². The lowest BCUT2D eigenvalue weighted by molar-refractivity contribution is 0.213. The highest BCUT2D eigenvalue weighted by Crippen LogP contribution is 2.50. The Morgan fingerprint density at radius 3 is 0.769 bits per heavy atom. The molecule has 0 aromatic heterocycles. The molecule has 0 aliphatic heterocycles. The third kappa shape index (κ3) is 5.36. The Morgan fingerprint density at radius 2 is 0.538 bits per heavy atom. The van der Waals surface area contributed by atoms with E-state index < -0.39 is 0 Å². The summed E-state index contributed by atoms with van der Waals surface area (Å²) in [6.07, 6.45) is 0. The summed E-state index contributed by atoms with van der Waals surface area (Å²) in [6.45, 7) is 0.698. The number of hydrogen-bond donors (Lipinski definition) is 0. The van der Waals surface area contributed by atoms with Crippen LogP contribution in [-0.4, -0.2) is 13.2 Å². The van der Waals surface area contributed by atoms with E-state index >= 15 is 0 Å². The molecule has 0 radical (unpaired) electrons. The van der Waals surface area contributed by atoms with Gasteiger partial charge in [0.25, 0.3) is 0 Å². The zero-order valence-electron chi connectivity index (χ0n) is 12.0. The van der Waals surface area contributed by atoms with E-state index in [4.69, 9.17) is 9.47 Å². The minimum atomic E-state index is 0.349. The second kappa shape index (κ2) is 10.9. The molecule has 0 unspecified atom stereocenters. The fraction of sp³-hybridized carbons (Fsp3) is 0.143. The average molecular weight is 1000 g/mol. The Balaban J connectivity index is 2.14. The molecule has 2 rings (SSSR count). The highest BCUT2D eigenvalue weighted by molar-refractivity contribution is 9.16. The predicted molar refractivity (Wildman–Crippen MR) is 141 cm³/mol. The van der Waals surface area contributed by atoms with Gasteiger partial charge in [0, 0.05) is 8.95 Å². The molecule has 0 saturated heterocycles. The lowest BCUT2D eigenvalue weighted by Gasteiger charge is -2.17. The molecule has 0 aliphatic carbocycles. The van der Waals surface area contributed by atoms with E-state index in [9.17, 15) is 0 Å². The van der Waals surface area contributed by atoms with E-state index in [-0.39, 0.29) is 0 Å². The molecule has 0 bridgehead atoms. The summed E-state index contributed by atoms with van der Waals surface area (Å²) >= 11 is 35.2. The van der Waals surface area contributed by atoms with Gasteiger partial charge in [-0.1, -0.05) is 0 Å². The molecule has 12 heteroatoms. The van der Waals surface area contributed by atoms with Crippen LogP contribution in [0.15, 0.2) is 44.7 Å². The van der Waals surface area contributed by atoms with Crippen LogP contribution in [0.2, 0.25) is 0 Å². The molecular weight excluding hydrogens is 999 g/mol. The first-order chi connectivity index (χ1) is 12.1. The molecule has 26 heavy (non-hydrogen) atoms. The van der Waals surface area contributed by atoms with Gasteiger partial charge in [0.2, 0.25) is 0 Å². The van der Waals surface area contributed by atoms with Gasteiger partial charge in [0.15, 0.2) is 0 Å². The Bertz CT molecular complexity index is 738. The smallest absolute Gasteiger partial charge is 0.150 e. The summed E-state index contributed by atoms with van der Waals surface area (Å²) < 4.78 is 20.2. The lowest BCUT2D eigenvalue weighted by atomic mass is 10.3. The Hall–Kier alpha value is 2.84. The maximum Gasteiger partial charge on any atom is 0.150 e. The fourth-order valence-corrected chi connectivity index (χ4v) is 8.19. The van der Waals surface area contributed by atoms with Crippen molar-refractivity contribution in [3.8, 4) is 11.5 Å². The predicted octanol–water partition coefficient (Wildman–Crippen LogP) is 10.8. The van der Waals surface area contributed by atoms with Gasteiger partial charge in [-0.05, 0) is 159 Å². The second-order valence-electron chi connectivity index (χ2n) is 4.49. The van der Waals surface area contributed by atoms with Crippen molar-refractivity contribution < 1.29 is 9.47 Å². The topological polar surface area (TPSA) is 18.5 Å².